The second kappa shape index (κ2) is 9.52. The maximum atomic E-state index is 13.0. The molecule has 2 aliphatic rings. The number of methoxy groups -OCH3 is 1. The number of anilines is 2. The molecule has 2 saturated heterocycles. The Hall–Kier alpha value is -3.92. The van der Waals surface area contributed by atoms with Crippen molar-refractivity contribution in [2.45, 2.75) is 12.5 Å². The molecule has 0 aromatic heterocycles. The van der Waals surface area contributed by atoms with Gasteiger partial charge in [0.1, 0.15) is 12.1 Å². The monoisotopic (exact) mass is 466 g/mol. The van der Waals surface area contributed by atoms with Gasteiger partial charge in [-0.1, -0.05) is 30.3 Å². The van der Waals surface area contributed by atoms with Gasteiger partial charge in [-0.05, 0) is 30.7 Å². The van der Waals surface area contributed by atoms with E-state index in [0.29, 0.717) is 31.9 Å². The lowest BCUT2D eigenvalue weighted by Gasteiger charge is -2.29. The number of nitrogens with zero attached hydrogens (tertiary/aromatic N) is 2. The molecule has 2 aliphatic heterocycles. The first-order valence-electron chi connectivity index (χ1n) is 10.9. The lowest BCUT2D eigenvalue weighted by atomic mass is 9.92. The molecule has 0 bridgehead atoms. The molecule has 2 heterocycles. The highest BCUT2D eigenvalue weighted by molar-refractivity contribution is 6.11. The fourth-order valence-electron chi connectivity index (χ4n) is 4.08. The number of morpholine rings is 1. The number of amides is 4. The quantitative estimate of drug-likeness (QED) is 0.492. The molecule has 0 aliphatic carbocycles. The molecule has 0 radical (unpaired) electrons. The molecule has 10 heteroatoms. The molecule has 2 fully saturated rings. The van der Waals surface area contributed by atoms with Crippen LogP contribution in [0.1, 0.15) is 22.8 Å². The molecule has 2 aromatic rings. The number of hydrogen-bond donors (Lipinski definition) is 2. The summed E-state index contributed by atoms with van der Waals surface area (Å²) in [5, 5.41) is 5.30. The summed E-state index contributed by atoms with van der Waals surface area (Å²) in [6.45, 7) is 3.62. The minimum absolute atomic E-state index is 0.172. The molecule has 0 spiro atoms. The van der Waals surface area contributed by atoms with Crippen LogP contribution < -0.4 is 15.5 Å². The minimum Gasteiger partial charge on any atom is -0.465 e. The molecule has 0 saturated carbocycles. The summed E-state index contributed by atoms with van der Waals surface area (Å²) >= 11 is 0. The van der Waals surface area contributed by atoms with Crippen molar-refractivity contribution in [3.05, 3.63) is 59.7 Å². The molecule has 10 nitrogen and oxygen atoms in total. The van der Waals surface area contributed by atoms with Crippen LogP contribution >= 0.6 is 0 Å². The Morgan fingerprint density at radius 3 is 2.50 bits per heavy atom. The molecule has 178 valence electrons. The Kier molecular flexibility index (Phi) is 6.51. The van der Waals surface area contributed by atoms with E-state index in [9.17, 15) is 19.2 Å². The number of esters is 1. The fraction of sp³-hybridized carbons (Fsp3) is 0.333. The number of carbonyl (C=O) groups is 4. The van der Waals surface area contributed by atoms with Crippen LogP contribution in [0, 0.1) is 0 Å². The van der Waals surface area contributed by atoms with E-state index in [1.807, 2.05) is 6.07 Å². The third kappa shape index (κ3) is 4.44. The highest BCUT2D eigenvalue weighted by Gasteiger charge is 2.49. The third-order valence-electron chi connectivity index (χ3n) is 5.99. The van der Waals surface area contributed by atoms with E-state index in [4.69, 9.17) is 9.47 Å². The first-order valence-corrected chi connectivity index (χ1v) is 10.9. The van der Waals surface area contributed by atoms with Gasteiger partial charge in [-0.3, -0.25) is 14.5 Å². The number of ether oxygens (including phenoxy) is 2. The number of benzene rings is 2. The number of nitrogens with one attached hydrogen (secondary N) is 2. The molecule has 34 heavy (non-hydrogen) atoms. The predicted octanol–water partition coefficient (Wildman–Crippen LogP) is 1.72. The molecule has 1 atom stereocenters. The van der Waals surface area contributed by atoms with E-state index >= 15 is 0 Å². The third-order valence-corrected chi connectivity index (χ3v) is 5.99. The second-order valence-electron chi connectivity index (χ2n) is 8.18. The minimum atomic E-state index is -1.27. The molecule has 2 N–H and O–H groups in total. The van der Waals surface area contributed by atoms with Crippen LogP contribution in [0.2, 0.25) is 0 Å². The molecule has 2 aromatic carbocycles. The summed E-state index contributed by atoms with van der Waals surface area (Å²) in [4.78, 5) is 53.7. The molecular weight excluding hydrogens is 440 g/mol. The van der Waals surface area contributed by atoms with Gasteiger partial charge in [-0.15, -0.1) is 0 Å². The van der Waals surface area contributed by atoms with E-state index in [-0.39, 0.29) is 11.3 Å². The topological polar surface area (TPSA) is 117 Å². The normalized spacial score (nSPS) is 20.2. The van der Waals surface area contributed by atoms with E-state index in [2.05, 4.69) is 15.5 Å². The largest absolute Gasteiger partial charge is 0.465 e. The van der Waals surface area contributed by atoms with Gasteiger partial charge >= 0.3 is 12.0 Å². The number of carbonyl (C=O) groups excluding carboxylic acids is 4. The average molecular weight is 466 g/mol. The van der Waals surface area contributed by atoms with Crippen LogP contribution in [0.15, 0.2) is 48.5 Å². The maximum absolute atomic E-state index is 13.0. The second-order valence-corrected chi connectivity index (χ2v) is 8.18. The van der Waals surface area contributed by atoms with Gasteiger partial charge in [-0.2, -0.15) is 0 Å². The number of urea groups is 1. The number of hydrogen-bond acceptors (Lipinski definition) is 7. The summed E-state index contributed by atoms with van der Waals surface area (Å²) in [6, 6.07) is 13.2. The smallest absolute Gasteiger partial charge is 0.340 e. The van der Waals surface area contributed by atoms with Gasteiger partial charge in [0.25, 0.3) is 5.91 Å². The zero-order chi connectivity index (χ0) is 24.3. The highest BCUT2D eigenvalue weighted by atomic mass is 16.5. The van der Waals surface area contributed by atoms with Crippen molar-refractivity contribution in [2.75, 3.05) is 50.2 Å². The molecule has 1 unspecified atom stereocenters. The first-order chi connectivity index (χ1) is 16.3. The fourth-order valence-corrected chi connectivity index (χ4v) is 4.08. The average Bonchev–Trinajstić information content (AvgIpc) is 3.08. The lowest BCUT2D eigenvalue weighted by Crippen LogP contribution is -2.42. The predicted molar refractivity (Wildman–Crippen MR) is 123 cm³/mol. The van der Waals surface area contributed by atoms with Crippen LogP contribution in [0.4, 0.5) is 16.2 Å². The van der Waals surface area contributed by atoms with Crippen LogP contribution in [0.25, 0.3) is 0 Å². The van der Waals surface area contributed by atoms with Gasteiger partial charge < -0.3 is 25.0 Å². The Labute approximate surface area is 196 Å². The van der Waals surface area contributed by atoms with E-state index in [1.54, 1.807) is 49.4 Å². The Morgan fingerprint density at radius 2 is 1.82 bits per heavy atom. The molecule has 4 amide bonds. The van der Waals surface area contributed by atoms with Gasteiger partial charge in [-0.25, -0.2) is 9.59 Å². The van der Waals surface area contributed by atoms with Crippen LogP contribution in [-0.2, 0) is 24.6 Å². The summed E-state index contributed by atoms with van der Waals surface area (Å²) in [7, 11) is 1.26. The Morgan fingerprint density at radius 1 is 1.12 bits per heavy atom. The van der Waals surface area contributed by atoms with Crippen molar-refractivity contribution in [1.29, 1.82) is 0 Å². The van der Waals surface area contributed by atoms with Crippen molar-refractivity contribution in [1.82, 2.24) is 10.2 Å². The SMILES string of the molecule is COC(=O)c1cc(N2CCOCC2)ccc1NC(=O)CN1C(=O)NC(C)(c2ccccc2)C1=O. The summed E-state index contributed by atoms with van der Waals surface area (Å²) < 4.78 is 10.2. The first kappa shape index (κ1) is 23.2. The molecule has 4 rings (SSSR count). The van der Waals surface area contributed by atoms with Gasteiger partial charge in [0.15, 0.2) is 0 Å². The van der Waals surface area contributed by atoms with Crippen molar-refractivity contribution < 1.29 is 28.7 Å². The van der Waals surface area contributed by atoms with Gasteiger partial charge in [0.2, 0.25) is 5.91 Å². The van der Waals surface area contributed by atoms with Crippen LogP contribution in [0.3, 0.4) is 0 Å². The van der Waals surface area contributed by atoms with E-state index < -0.39 is 35.9 Å². The highest BCUT2D eigenvalue weighted by Crippen LogP contribution is 2.29. The number of rotatable bonds is 6. The summed E-state index contributed by atoms with van der Waals surface area (Å²) in [5.41, 5.74) is 0.547. The van der Waals surface area contributed by atoms with Crippen molar-refractivity contribution in [3.63, 3.8) is 0 Å². The van der Waals surface area contributed by atoms with Crippen molar-refractivity contribution >= 4 is 35.2 Å². The van der Waals surface area contributed by atoms with Crippen LogP contribution in [-0.4, -0.2) is 68.7 Å². The Balaban J connectivity index is 1.50. The Bertz CT molecular complexity index is 1120. The van der Waals surface area contributed by atoms with E-state index in [1.165, 1.54) is 7.11 Å². The van der Waals surface area contributed by atoms with E-state index in [0.717, 1.165) is 10.6 Å². The summed E-state index contributed by atoms with van der Waals surface area (Å²) in [6.07, 6.45) is 0. The zero-order valence-electron chi connectivity index (χ0n) is 19.0. The summed E-state index contributed by atoms with van der Waals surface area (Å²) in [5.74, 6) is -1.77. The zero-order valence-corrected chi connectivity index (χ0v) is 19.0. The van der Waals surface area contributed by atoms with Gasteiger partial charge in [0.05, 0.1) is 31.6 Å². The standard InChI is InChI=1S/C24H26N4O6/c1-24(16-6-4-3-5-7-16)22(31)28(23(32)26-24)15-20(29)25-19-9-8-17(14-18(19)21(30)33-2)27-10-12-34-13-11-27/h3-9,14H,10-13,15H2,1-2H3,(H,25,29)(H,26,32). The van der Waals surface area contributed by atoms with Gasteiger partial charge in [0, 0.05) is 18.8 Å². The number of imide groups is 1. The van der Waals surface area contributed by atoms with Crippen LogP contribution in [0.5, 0.6) is 0 Å². The van der Waals surface area contributed by atoms with Crippen molar-refractivity contribution in [2.24, 2.45) is 0 Å². The lowest BCUT2D eigenvalue weighted by molar-refractivity contribution is -0.133. The maximum Gasteiger partial charge on any atom is 0.340 e. The van der Waals surface area contributed by atoms with Crippen molar-refractivity contribution in [3.8, 4) is 0 Å². The molecular formula is C24H26N4O6.